The predicted octanol–water partition coefficient (Wildman–Crippen LogP) is 3.05. The Morgan fingerprint density at radius 1 is 0.947 bits per heavy atom. The Bertz CT molecular complexity index is 612. The Kier molecular flexibility index (Phi) is 4.36. The van der Waals surface area contributed by atoms with E-state index in [1.54, 1.807) is 6.08 Å². The zero-order valence-electron chi connectivity index (χ0n) is 10.5. The summed E-state index contributed by atoms with van der Waals surface area (Å²) in [5, 5.41) is 0. The van der Waals surface area contributed by atoms with Gasteiger partial charge >= 0.3 is 0 Å². The van der Waals surface area contributed by atoms with Crippen molar-refractivity contribution in [3.8, 4) is 0 Å². The minimum Gasteiger partial charge on any atom is -0.405 e. The molecule has 98 valence electrons. The van der Waals surface area contributed by atoms with Crippen LogP contribution in [0.5, 0.6) is 0 Å². The molecule has 0 aromatic heterocycles. The minimum atomic E-state index is -2.60. The van der Waals surface area contributed by atoms with Gasteiger partial charge in [-0.25, -0.2) is 8.57 Å². The van der Waals surface area contributed by atoms with Gasteiger partial charge in [-0.05, 0) is 36.5 Å². The van der Waals surface area contributed by atoms with Crippen molar-refractivity contribution in [2.24, 2.45) is 10.1 Å². The lowest BCUT2D eigenvalue weighted by molar-refractivity contribution is 0.675. The molecular formula is C15H16N2OS. The zero-order valence-corrected chi connectivity index (χ0v) is 11.3. The molecule has 2 aromatic carbocycles. The Balaban J connectivity index is 2.58. The van der Waals surface area contributed by atoms with E-state index in [1.807, 2.05) is 60.7 Å². The van der Waals surface area contributed by atoms with E-state index in [1.165, 1.54) is 6.20 Å². The standard InChI is InChI=1S/C15H16N2OS/c16-12-7-13-17-19(18,14-8-3-1-4-9-14)15-10-5-2-6-11-15/h1-12H,13,16H2. The molecule has 2 N–H and O–H groups in total. The topological polar surface area (TPSA) is 55.4 Å². The summed E-state index contributed by atoms with van der Waals surface area (Å²) in [6.45, 7) is 0.332. The Morgan fingerprint density at radius 3 is 1.84 bits per heavy atom. The summed E-state index contributed by atoms with van der Waals surface area (Å²) in [5.74, 6) is 0. The molecule has 0 heterocycles. The summed E-state index contributed by atoms with van der Waals surface area (Å²) in [6.07, 6.45) is 3.10. The minimum absolute atomic E-state index is 0.332. The molecular weight excluding hydrogens is 256 g/mol. The van der Waals surface area contributed by atoms with E-state index in [0.29, 0.717) is 16.3 Å². The normalized spacial score (nSPS) is 11.6. The van der Waals surface area contributed by atoms with E-state index in [9.17, 15) is 4.21 Å². The van der Waals surface area contributed by atoms with Crippen molar-refractivity contribution in [1.82, 2.24) is 0 Å². The Labute approximate surface area is 114 Å². The van der Waals surface area contributed by atoms with Gasteiger partial charge in [-0.2, -0.15) is 0 Å². The van der Waals surface area contributed by atoms with Crippen LogP contribution in [0.3, 0.4) is 0 Å². The Morgan fingerprint density at radius 2 is 1.42 bits per heavy atom. The maximum Gasteiger partial charge on any atom is 0.104 e. The van der Waals surface area contributed by atoms with E-state index in [2.05, 4.69) is 4.36 Å². The van der Waals surface area contributed by atoms with Gasteiger partial charge in [-0.3, -0.25) is 0 Å². The van der Waals surface area contributed by atoms with Gasteiger partial charge in [0.1, 0.15) is 9.73 Å². The van der Waals surface area contributed by atoms with Crippen LogP contribution in [0.25, 0.3) is 0 Å². The van der Waals surface area contributed by atoms with Crippen molar-refractivity contribution >= 4 is 9.73 Å². The largest absolute Gasteiger partial charge is 0.405 e. The monoisotopic (exact) mass is 272 g/mol. The van der Waals surface area contributed by atoms with Gasteiger partial charge in [0.25, 0.3) is 0 Å². The molecule has 2 aromatic rings. The highest BCUT2D eigenvalue weighted by molar-refractivity contribution is 7.93. The van der Waals surface area contributed by atoms with E-state index in [4.69, 9.17) is 5.73 Å². The number of rotatable bonds is 4. The van der Waals surface area contributed by atoms with Gasteiger partial charge in [0.05, 0.1) is 16.3 Å². The van der Waals surface area contributed by atoms with E-state index >= 15 is 0 Å². The van der Waals surface area contributed by atoms with Crippen LogP contribution in [0, 0.1) is 0 Å². The molecule has 0 spiro atoms. The fourth-order valence-corrected chi connectivity index (χ4v) is 3.62. The number of benzene rings is 2. The number of hydrogen-bond donors (Lipinski definition) is 1. The van der Waals surface area contributed by atoms with Crippen LogP contribution in [-0.4, -0.2) is 10.8 Å². The van der Waals surface area contributed by atoms with Crippen molar-refractivity contribution in [3.05, 3.63) is 72.9 Å². The van der Waals surface area contributed by atoms with Gasteiger partial charge in [0.15, 0.2) is 0 Å². The lowest BCUT2D eigenvalue weighted by atomic mass is 10.4. The molecule has 0 amide bonds. The molecule has 3 nitrogen and oxygen atoms in total. The third-order valence-electron chi connectivity index (χ3n) is 2.62. The summed E-state index contributed by atoms with van der Waals surface area (Å²) in [7, 11) is -2.60. The van der Waals surface area contributed by atoms with Gasteiger partial charge < -0.3 is 5.73 Å². The highest BCUT2D eigenvalue weighted by atomic mass is 32.2. The first-order chi connectivity index (χ1) is 9.27. The second kappa shape index (κ2) is 6.20. The maximum atomic E-state index is 13.2. The molecule has 0 radical (unpaired) electrons. The van der Waals surface area contributed by atoms with Crippen LogP contribution in [0.4, 0.5) is 0 Å². The van der Waals surface area contributed by atoms with Crippen molar-refractivity contribution in [1.29, 1.82) is 0 Å². The molecule has 19 heavy (non-hydrogen) atoms. The van der Waals surface area contributed by atoms with E-state index < -0.39 is 9.73 Å². The quantitative estimate of drug-likeness (QED) is 0.930. The average Bonchev–Trinajstić information content (AvgIpc) is 2.49. The highest BCUT2D eigenvalue weighted by Gasteiger charge is 2.14. The first-order valence-electron chi connectivity index (χ1n) is 5.97. The smallest absolute Gasteiger partial charge is 0.104 e. The molecule has 0 saturated carbocycles. The van der Waals surface area contributed by atoms with Crippen LogP contribution < -0.4 is 5.73 Å². The molecule has 4 heteroatoms. The van der Waals surface area contributed by atoms with Crippen LogP contribution in [0.2, 0.25) is 0 Å². The average molecular weight is 272 g/mol. The van der Waals surface area contributed by atoms with Crippen LogP contribution in [0.1, 0.15) is 0 Å². The predicted molar refractivity (Wildman–Crippen MR) is 78.2 cm³/mol. The zero-order chi connectivity index (χ0) is 13.6. The van der Waals surface area contributed by atoms with E-state index in [-0.39, 0.29) is 0 Å². The van der Waals surface area contributed by atoms with Gasteiger partial charge in [-0.15, -0.1) is 0 Å². The number of hydrogen-bond acceptors (Lipinski definition) is 3. The Hall–Kier alpha value is -2.07. The summed E-state index contributed by atoms with van der Waals surface area (Å²) < 4.78 is 17.6. The molecule has 0 unspecified atom stereocenters. The summed E-state index contributed by atoms with van der Waals surface area (Å²) >= 11 is 0. The molecule has 0 aliphatic rings. The molecule has 0 atom stereocenters. The summed E-state index contributed by atoms with van der Waals surface area (Å²) in [6, 6.07) is 18.6. The lowest BCUT2D eigenvalue weighted by Gasteiger charge is -2.10. The van der Waals surface area contributed by atoms with Crippen LogP contribution in [0.15, 0.2) is 87.1 Å². The van der Waals surface area contributed by atoms with Crippen molar-refractivity contribution in [3.63, 3.8) is 0 Å². The molecule has 0 saturated heterocycles. The van der Waals surface area contributed by atoms with E-state index in [0.717, 1.165) is 0 Å². The first-order valence-corrected chi connectivity index (χ1v) is 7.48. The van der Waals surface area contributed by atoms with Gasteiger partial charge in [0.2, 0.25) is 0 Å². The third-order valence-corrected chi connectivity index (χ3v) is 4.96. The SMILES string of the molecule is NC=CCN=S(=O)(c1ccccc1)c1ccccc1. The van der Waals surface area contributed by atoms with Gasteiger partial charge in [0, 0.05) is 0 Å². The number of nitrogens with two attached hydrogens (primary N) is 1. The van der Waals surface area contributed by atoms with Crippen LogP contribution in [-0.2, 0) is 9.73 Å². The van der Waals surface area contributed by atoms with Crippen molar-refractivity contribution in [2.75, 3.05) is 6.54 Å². The fourth-order valence-electron chi connectivity index (χ4n) is 1.70. The first kappa shape index (κ1) is 13.4. The van der Waals surface area contributed by atoms with Crippen LogP contribution >= 0.6 is 0 Å². The summed E-state index contributed by atoms with van der Waals surface area (Å²) in [5.41, 5.74) is 5.30. The molecule has 0 bridgehead atoms. The second-order valence-corrected chi connectivity index (χ2v) is 6.14. The summed E-state index contributed by atoms with van der Waals surface area (Å²) in [4.78, 5) is 1.43. The van der Waals surface area contributed by atoms with Gasteiger partial charge in [-0.1, -0.05) is 36.4 Å². The second-order valence-electron chi connectivity index (χ2n) is 3.89. The maximum absolute atomic E-state index is 13.2. The molecule has 0 aliphatic heterocycles. The lowest BCUT2D eigenvalue weighted by Crippen LogP contribution is -2.02. The third kappa shape index (κ3) is 3.03. The molecule has 0 aliphatic carbocycles. The highest BCUT2D eigenvalue weighted by Crippen LogP contribution is 2.23. The van der Waals surface area contributed by atoms with Crippen molar-refractivity contribution in [2.45, 2.75) is 9.79 Å². The number of nitrogens with zero attached hydrogens (tertiary/aromatic N) is 1. The van der Waals surface area contributed by atoms with Crippen molar-refractivity contribution < 1.29 is 4.21 Å². The molecule has 0 fully saturated rings. The fraction of sp³-hybridized carbons (Fsp3) is 0.0667. The molecule has 2 rings (SSSR count).